The maximum absolute atomic E-state index is 12.2. The summed E-state index contributed by atoms with van der Waals surface area (Å²) in [6.07, 6.45) is 1.79. The lowest BCUT2D eigenvalue weighted by molar-refractivity contribution is -0.119. The van der Waals surface area contributed by atoms with Crippen molar-refractivity contribution in [1.29, 1.82) is 0 Å². The van der Waals surface area contributed by atoms with Crippen LogP contribution in [-0.4, -0.2) is 45.7 Å². The molecule has 3 rings (SSSR count). The second-order valence-corrected chi connectivity index (χ2v) is 7.55. The molecule has 1 saturated carbocycles. The van der Waals surface area contributed by atoms with Gasteiger partial charge < -0.3 is 29.6 Å². The van der Waals surface area contributed by atoms with Gasteiger partial charge in [-0.3, -0.25) is 9.59 Å². The van der Waals surface area contributed by atoms with Crippen LogP contribution in [0.3, 0.4) is 0 Å². The van der Waals surface area contributed by atoms with Crippen molar-refractivity contribution in [3.05, 3.63) is 29.1 Å². The lowest BCUT2D eigenvalue weighted by atomic mass is 10.2. The maximum atomic E-state index is 12.2. The number of thiophene rings is 1. The lowest BCUT2D eigenvalue weighted by Crippen LogP contribution is -2.20. The molecule has 0 bridgehead atoms. The summed E-state index contributed by atoms with van der Waals surface area (Å²) >= 11 is 1.10. The molecule has 0 radical (unpaired) electrons. The fourth-order valence-electron chi connectivity index (χ4n) is 2.64. The minimum Gasteiger partial charge on any atom is -0.493 e. The number of rotatable bonds is 9. The molecule has 9 nitrogen and oxygen atoms in total. The van der Waals surface area contributed by atoms with E-state index in [1.807, 2.05) is 0 Å². The van der Waals surface area contributed by atoms with Gasteiger partial charge in [0.2, 0.25) is 11.7 Å². The molecule has 0 spiro atoms. The second-order valence-electron chi connectivity index (χ2n) is 6.47. The first-order valence-electron chi connectivity index (χ1n) is 9.12. The Morgan fingerprint density at radius 1 is 1.00 bits per heavy atom. The quantitative estimate of drug-likeness (QED) is 0.584. The third-order valence-electron chi connectivity index (χ3n) is 4.28. The number of anilines is 2. The minimum absolute atomic E-state index is 0.0403. The Labute approximate surface area is 177 Å². The Kier molecular flexibility index (Phi) is 6.78. The van der Waals surface area contributed by atoms with Crippen LogP contribution < -0.4 is 24.8 Å². The van der Waals surface area contributed by atoms with Crippen LogP contribution >= 0.6 is 11.3 Å². The Balaban J connectivity index is 1.55. The summed E-state index contributed by atoms with van der Waals surface area (Å²) in [5.74, 6) is 0.00464. The van der Waals surface area contributed by atoms with Gasteiger partial charge in [0.15, 0.2) is 18.1 Å². The molecule has 1 aliphatic rings. The number of amides is 2. The Hall–Kier alpha value is -3.27. The van der Waals surface area contributed by atoms with Gasteiger partial charge >= 0.3 is 5.97 Å². The number of hydrogen-bond acceptors (Lipinski definition) is 8. The fraction of sp³-hybridized carbons (Fsp3) is 0.350. The van der Waals surface area contributed by atoms with E-state index in [4.69, 9.17) is 18.9 Å². The van der Waals surface area contributed by atoms with E-state index in [-0.39, 0.29) is 11.8 Å². The lowest BCUT2D eigenvalue weighted by Gasteiger charge is -2.14. The monoisotopic (exact) mass is 434 g/mol. The number of ether oxygens (including phenoxy) is 4. The highest BCUT2D eigenvalue weighted by Gasteiger charge is 2.30. The van der Waals surface area contributed by atoms with Gasteiger partial charge in [0.05, 0.1) is 26.3 Å². The largest absolute Gasteiger partial charge is 0.493 e. The number of carbonyl (C=O) groups excluding carboxylic acids is 3. The maximum Gasteiger partial charge on any atom is 0.348 e. The third kappa shape index (κ3) is 5.20. The molecular formula is C20H22N2O7S. The predicted octanol–water partition coefficient (Wildman–Crippen LogP) is 2.92. The first-order valence-corrected chi connectivity index (χ1v) is 9.94. The molecule has 1 fully saturated rings. The molecule has 2 amide bonds. The van der Waals surface area contributed by atoms with Gasteiger partial charge in [-0.05, 0) is 25.0 Å². The third-order valence-corrected chi connectivity index (χ3v) is 5.27. The average molecular weight is 434 g/mol. The highest BCUT2D eigenvalue weighted by molar-refractivity contribution is 7.18. The smallest absolute Gasteiger partial charge is 0.348 e. The number of carbonyl (C=O) groups is 3. The van der Waals surface area contributed by atoms with E-state index in [1.165, 1.54) is 21.3 Å². The minimum atomic E-state index is -0.646. The highest BCUT2D eigenvalue weighted by Crippen LogP contribution is 2.40. The Morgan fingerprint density at radius 2 is 1.67 bits per heavy atom. The van der Waals surface area contributed by atoms with Gasteiger partial charge in [-0.2, -0.15) is 0 Å². The normalized spacial score (nSPS) is 12.6. The van der Waals surface area contributed by atoms with Crippen LogP contribution in [0.1, 0.15) is 22.5 Å². The zero-order valence-corrected chi connectivity index (χ0v) is 17.6. The van der Waals surface area contributed by atoms with Crippen LogP contribution in [0.2, 0.25) is 0 Å². The molecule has 0 atom stereocenters. The number of methoxy groups -OCH3 is 3. The molecule has 1 aliphatic carbocycles. The highest BCUT2D eigenvalue weighted by atomic mass is 32.1. The van der Waals surface area contributed by atoms with Gasteiger partial charge in [0, 0.05) is 23.7 Å². The van der Waals surface area contributed by atoms with E-state index in [0.29, 0.717) is 32.8 Å². The van der Waals surface area contributed by atoms with Crippen molar-refractivity contribution in [2.24, 2.45) is 5.92 Å². The summed E-state index contributed by atoms with van der Waals surface area (Å²) in [5, 5.41) is 5.95. The summed E-state index contributed by atoms with van der Waals surface area (Å²) in [6, 6.07) is 6.31. The number of nitrogens with one attached hydrogen (secondary N) is 2. The van der Waals surface area contributed by atoms with E-state index >= 15 is 0 Å². The van der Waals surface area contributed by atoms with Gasteiger partial charge in [0.25, 0.3) is 5.91 Å². The first-order chi connectivity index (χ1) is 14.4. The van der Waals surface area contributed by atoms with Crippen LogP contribution in [0.5, 0.6) is 17.2 Å². The Morgan fingerprint density at radius 3 is 2.23 bits per heavy atom. The van der Waals surface area contributed by atoms with Crippen molar-refractivity contribution in [3.63, 3.8) is 0 Å². The van der Waals surface area contributed by atoms with Crippen molar-refractivity contribution in [2.75, 3.05) is 38.6 Å². The van der Waals surface area contributed by atoms with E-state index in [9.17, 15) is 14.4 Å². The molecule has 30 heavy (non-hydrogen) atoms. The summed E-state index contributed by atoms with van der Waals surface area (Å²) < 4.78 is 20.8. The average Bonchev–Trinajstić information content (AvgIpc) is 3.50. The number of benzene rings is 1. The Bertz CT molecular complexity index is 927. The standard InChI is InChI=1S/C20H22N2O7S/c1-26-13-8-12(9-14(27-2)18(13)28-3)21-16(23)10-29-20(25)15-6-7-17(30-15)22-19(24)11-4-5-11/h6-9,11H,4-5,10H2,1-3H3,(H,21,23)(H,22,24). The van der Waals surface area contributed by atoms with Gasteiger partial charge in [-0.25, -0.2) is 4.79 Å². The fourth-order valence-corrected chi connectivity index (χ4v) is 3.44. The van der Waals surface area contributed by atoms with Crippen LogP contribution in [0.15, 0.2) is 24.3 Å². The first kappa shape index (κ1) is 21.4. The molecule has 0 unspecified atom stereocenters. The molecule has 0 aliphatic heterocycles. The van der Waals surface area contributed by atoms with Crippen molar-refractivity contribution < 1.29 is 33.3 Å². The molecule has 1 aromatic carbocycles. The van der Waals surface area contributed by atoms with Crippen LogP contribution in [0.25, 0.3) is 0 Å². The molecule has 2 N–H and O–H groups in total. The zero-order chi connectivity index (χ0) is 21.7. The molecule has 1 heterocycles. The van der Waals surface area contributed by atoms with E-state index < -0.39 is 18.5 Å². The van der Waals surface area contributed by atoms with Gasteiger partial charge in [0.1, 0.15) is 4.88 Å². The second kappa shape index (κ2) is 9.49. The van der Waals surface area contributed by atoms with E-state index in [2.05, 4.69) is 10.6 Å². The molecular weight excluding hydrogens is 412 g/mol. The van der Waals surface area contributed by atoms with E-state index in [0.717, 1.165) is 24.2 Å². The number of esters is 1. The molecule has 1 aromatic heterocycles. The van der Waals surface area contributed by atoms with E-state index in [1.54, 1.807) is 24.3 Å². The molecule has 0 saturated heterocycles. The summed E-state index contributed by atoms with van der Waals surface area (Å²) in [4.78, 5) is 36.4. The van der Waals surface area contributed by atoms with Crippen LogP contribution in [0, 0.1) is 5.92 Å². The van der Waals surface area contributed by atoms with Gasteiger partial charge in [-0.15, -0.1) is 11.3 Å². The SMILES string of the molecule is COc1cc(NC(=O)COC(=O)c2ccc(NC(=O)C3CC3)s2)cc(OC)c1OC. The van der Waals surface area contributed by atoms with Crippen LogP contribution in [-0.2, 0) is 14.3 Å². The van der Waals surface area contributed by atoms with Crippen LogP contribution in [0.4, 0.5) is 10.7 Å². The van der Waals surface area contributed by atoms with Crippen molar-refractivity contribution in [1.82, 2.24) is 0 Å². The molecule has 2 aromatic rings. The number of hydrogen-bond donors (Lipinski definition) is 2. The molecule has 10 heteroatoms. The summed E-state index contributed by atoms with van der Waals surface area (Å²) in [7, 11) is 4.41. The van der Waals surface area contributed by atoms with Crippen molar-refractivity contribution in [2.45, 2.75) is 12.8 Å². The topological polar surface area (TPSA) is 112 Å². The van der Waals surface area contributed by atoms with Gasteiger partial charge in [-0.1, -0.05) is 0 Å². The predicted molar refractivity (Wildman–Crippen MR) is 111 cm³/mol. The zero-order valence-electron chi connectivity index (χ0n) is 16.8. The van der Waals surface area contributed by atoms with Crippen molar-refractivity contribution in [3.8, 4) is 17.2 Å². The van der Waals surface area contributed by atoms with Crippen molar-refractivity contribution >= 4 is 39.8 Å². The summed E-state index contributed by atoms with van der Waals surface area (Å²) in [6.45, 7) is -0.475. The molecule has 160 valence electrons. The summed E-state index contributed by atoms with van der Waals surface area (Å²) in [5.41, 5.74) is 0.395.